The van der Waals surface area contributed by atoms with Gasteiger partial charge in [0.25, 0.3) is 0 Å². The van der Waals surface area contributed by atoms with Crippen molar-refractivity contribution in [1.29, 1.82) is 0 Å². The van der Waals surface area contributed by atoms with Crippen LogP contribution < -0.4 is 16.8 Å². The van der Waals surface area contributed by atoms with Gasteiger partial charge in [-0.05, 0) is 23.7 Å². The third kappa shape index (κ3) is 4.91. The summed E-state index contributed by atoms with van der Waals surface area (Å²) in [5.41, 5.74) is 8.88. The van der Waals surface area contributed by atoms with Crippen molar-refractivity contribution >= 4 is 24.0 Å². The van der Waals surface area contributed by atoms with Crippen molar-refractivity contribution in [2.24, 2.45) is 28.2 Å². The molecular weight excluding hydrogens is 354 g/mol. The minimum Gasteiger partial charge on any atom is -0.481 e. The van der Waals surface area contributed by atoms with E-state index in [0.717, 1.165) is 20.0 Å². The highest BCUT2D eigenvalue weighted by Gasteiger charge is 2.56. The molecule has 0 aliphatic heterocycles. The third-order valence-corrected chi connectivity index (χ3v) is 5.50. The molecule has 0 heterocycles. The van der Waals surface area contributed by atoms with Crippen LogP contribution in [0.25, 0.3) is 0 Å². The molecule has 0 aromatic carbocycles. The summed E-state index contributed by atoms with van der Waals surface area (Å²) < 4.78 is 4.62. The first-order valence-electron chi connectivity index (χ1n) is 8.83. The maximum absolute atomic E-state index is 13.5. The Morgan fingerprint density at radius 2 is 1.70 bits per heavy atom. The van der Waals surface area contributed by atoms with Crippen molar-refractivity contribution < 1.29 is 29.0 Å². The number of carbonyl (C=O) groups is 4. The van der Waals surface area contributed by atoms with Crippen LogP contribution in [0.15, 0.2) is 0 Å². The third-order valence-electron chi connectivity index (χ3n) is 5.50. The molecule has 27 heavy (non-hydrogen) atoms. The second kappa shape index (κ2) is 8.04. The van der Waals surface area contributed by atoms with Gasteiger partial charge in [0.1, 0.15) is 12.3 Å². The maximum Gasteiger partial charge on any atom is 0.342 e. The molecule has 1 aliphatic rings. The Morgan fingerprint density at radius 3 is 2.07 bits per heavy atom. The smallest absolute Gasteiger partial charge is 0.342 e. The molecule has 0 bridgehead atoms. The average molecular weight is 385 g/mol. The van der Waals surface area contributed by atoms with E-state index in [1.807, 2.05) is 27.7 Å². The van der Waals surface area contributed by atoms with Gasteiger partial charge < -0.3 is 26.1 Å². The summed E-state index contributed by atoms with van der Waals surface area (Å²) >= 11 is 0. The lowest BCUT2D eigenvalue weighted by atomic mass is 9.67. The van der Waals surface area contributed by atoms with Gasteiger partial charge in [0.2, 0.25) is 0 Å². The Morgan fingerprint density at radius 1 is 1.22 bits per heavy atom. The molecule has 0 amide bonds. The van der Waals surface area contributed by atoms with Gasteiger partial charge in [-0.25, -0.2) is 4.79 Å². The molecule has 9 nitrogen and oxygen atoms in total. The monoisotopic (exact) mass is 385 g/mol. The Hall–Kier alpha value is -1.84. The highest BCUT2D eigenvalue weighted by Crippen LogP contribution is 2.54. The van der Waals surface area contributed by atoms with Gasteiger partial charge in [-0.3, -0.25) is 14.9 Å². The second-order valence-corrected chi connectivity index (χ2v) is 8.68. The molecule has 9 heteroatoms. The van der Waals surface area contributed by atoms with E-state index in [1.165, 1.54) is 0 Å². The zero-order chi connectivity index (χ0) is 21.2. The summed E-state index contributed by atoms with van der Waals surface area (Å²) in [7, 11) is 1.08. The van der Waals surface area contributed by atoms with Crippen molar-refractivity contribution in [2.45, 2.75) is 64.7 Å². The standard InChI is InChI=1S/C18H31N3O6/c1-16(2)6-7-17(3,4)13(16)12(25)14(18(19,20)15(26)27-5)21-10(9-22)8-11(23)24/h9-10,13-14,21H,6-8,19-20H2,1-5H3,(H,23,24)/t10-,14?/m0/s1. The predicted molar refractivity (Wildman–Crippen MR) is 97.4 cm³/mol. The fourth-order valence-electron chi connectivity index (χ4n) is 4.23. The number of rotatable bonds is 9. The fourth-order valence-corrected chi connectivity index (χ4v) is 4.23. The van der Waals surface area contributed by atoms with Gasteiger partial charge in [0, 0.05) is 5.92 Å². The van der Waals surface area contributed by atoms with Crippen LogP contribution in [0.2, 0.25) is 0 Å². The van der Waals surface area contributed by atoms with Crippen LogP contribution in [0.3, 0.4) is 0 Å². The minimum atomic E-state index is -2.26. The predicted octanol–water partition coefficient (Wildman–Crippen LogP) is -0.195. The number of esters is 1. The van der Waals surface area contributed by atoms with Gasteiger partial charge in [0.05, 0.1) is 19.6 Å². The second-order valence-electron chi connectivity index (χ2n) is 8.68. The topological polar surface area (TPSA) is 162 Å². The number of ketones is 1. The van der Waals surface area contributed by atoms with Crippen molar-refractivity contribution in [3.8, 4) is 0 Å². The lowest BCUT2D eigenvalue weighted by molar-refractivity contribution is -0.152. The molecule has 0 aromatic heterocycles. The number of nitrogens with one attached hydrogen (secondary N) is 1. The molecule has 1 rings (SSSR count). The number of Topliss-reactive ketones (excluding diaryl/α,β-unsaturated/α-hetero) is 1. The van der Waals surface area contributed by atoms with E-state index in [4.69, 9.17) is 16.6 Å². The summed E-state index contributed by atoms with van der Waals surface area (Å²) in [5, 5.41) is 11.6. The molecule has 2 atom stereocenters. The van der Waals surface area contributed by atoms with E-state index in [9.17, 15) is 19.2 Å². The van der Waals surface area contributed by atoms with Gasteiger partial charge in [-0.1, -0.05) is 27.7 Å². The maximum atomic E-state index is 13.5. The number of ether oxygens (including phenoxy) is 1. The van der Waals surface area contributed by atoms with E-state index in [2.05, 4.69) is 10.1 Å². The van der Waals surface area contributed by atoms with E-state index < -0.39 is 47.8 Å². The molecule has 0 spiro atoms. The molecule has 154 valence electrons. The van der Waals surface area contributed by atoms with Crippen molar-refractivity contribution in [1.82, 2.24) is 5.32 Å². The van der Waals surface area contributed by atoms with Crippen LogP contribution in [0.1, 0.15) is 47.0 Å². The molecule has 1 fully saturated rings. The van der Waals surface area contributed by atoms with E-state index in [1.54, 1.807) is 0 Å². The van der Waals surface area contributed by atoms with Gasteiger partial charge in [-0.15, -0.1) is 0 Å². The van der Waals surface area contributed by atoms with Crippen LogP contribution in [-0.2, 0) is 23.9 Å². The van der Waals surface area contributed by atoms with Gasteiger partial charge >= 0.3 is 11.9 Å². The van der Waals surface area contributed by atoms with Crippen LogP contribution in [0, 0.1) is 16.7 Å². The summed E-state index contributed by atoms with van der Waals surface area (Å²) in [6.45, 7) is 7.79. The number of hydrogen-bond donors (Lipinski definition) is 4. The number of carboxylic acids is 1. The quantitative estimate of drug-likeness (QED) is 0.239. The number of carbonyl (C=O) groups excluding carboxylic acids is 3. The summed E-state index contributed by atoms with van der Waals surface area (Å²) in [6, 6.07) is -2.72. The first kappa shape index (κ1) is 23.2. The zero-order valence-electron chi connectivity index (χ0n) is 16.6. The minimum absolute atomic E-state index is 0.354. The first-order valence-corrected chi connectivity index (χ1v) is 8.83. The highest BCUT2D eigenvalue weighted by molar-refractivity contribution is 5.96. The number of aldehydes is 1. The molecule has 0 aromatic rings. The normalized spacial score (nSPS) is 21.3. The van der Waals surface area contributed by atoms with Crippen LogP contribution >= 0.6 is 0 Å². The lowest BCUT2D eigenvalue weighted by Crippen LogP contribution is -2.73. The van der Waals surface area contributed by atoms with Crippen LogP contribution in [-0.4, -0.2) is 54.0 Å². The van der Waals surface area contributed by atoms with Gasteiger partial charge in [0.15, 0.2) is 11.4 Å². The highest BCUT2D eigenvalue weighted by atomic mass is 16.5. The number of methoxy groups -OCH3 is 1. The molecular formula is C18H31N3O6. The molecule has 1 unspecified atom stereocenters. The number of hydrogen-bond acceptors (Lipinski definition) is 8. The molecule has 0 radical (unpaired) electrons. The average Bonchev–Trinajstić information content (AvgIpc) is 2.77. The van der Waals surface area contributed by atoms with Crippen molar-refractivity contribution in [3.05, 3.63) is 0 Å². The Labute approximate surface area is 159 Å². The Kier molecular flexibility index (Phi) is 6.90. The fraction of sp³-hybridized carbons (Fsp3) is 0.778. The first-order chi connectivity index (χ1) is 12.2. The molecule has 1 aliphatic carbocycles. The summed E-state index contributed by atoms with van der Waals surface area (Å²) in [6.07, 6.45) is 1.35. The zero-order valence-corrected chi connectivity index (χ0v) is 16.6. The lowest BCUT2D eigenvalue weighted by Gasteiger charge is -2.40. The van der Waals surface area contributed by atoms with Gasteiger partial charge in [-0.2, -0.15) is 0 Å². The largest absolute Gasteiger partial charge is 0.481 e. The summed E-state index contributed by atoms with van der Waals surface area (Å²) in [4.78, 5) is 47.9. The number of carboxylic acid groups (broad SMARTS) is 1. The Bertz CT molecular complexity index is 598. The SMILES string of the molecule is COC(=O)C(N)(N)C(N[C@H](C=O)CC(=O)O)C(=O)C1C(C)(C)CCC1(C)C. The number of nitrogens with two attached hydrogens (primary N) is 2. The summed E-state index contributed by atoms with van der Waals surface area (Å²) in [5.74, 6) is -3.22. The van der Waals surface area contributed by atoms with Crippen LogP contribution in [0.4, 0.5) is 0 Å². The van der Waals surface area contributed by atoms with E-state index in [-0.39, 0.29) is 10.8 Å². The molecule has 0 saturated heterocycles. The van der Waals surface area contributed by atoms with Crippen LogP contribution in [0.5, 0.6) is 0 Å². The molecule has 1 saturated carbocycles. The number of aliphatic carboxylic acids is 1. The molecule has 6 N–H and O–H groups in total. The Balaban J connectivity index is 3.36. The van der Waals surface area contributed by atoms with Crippen molar-refractivity contribution in [2.75, 3.05) is 7.11 Å². The van der Waals surface area contributed by atoms with Crippen molar-refractivity contribution in [3.63, 3.8) is 0 Å². The van der Waals surface area contributed by atoms with E-state index in [0.29, 0.717) is 6.29 Å². The van der Waals surface area contributed by atoms with E-state index >= 15 is 0 Å².